The second-order valence-electron chi connectivity index (χ2n) is 7.03. The molecule has 5 nitrogen and oxygen atoms in total. The monoisotopic (exact) mass is 359 g/mol. The summed E-state index contributed by atoms with van der Waals surface area (Å²) in [5, 5.41) is 4.08. The van der Waals surface area contributed by atoms with Crippen LogP contribution >= 0.6 is 11.6 Å². The average Bonchev–Trinajstić information content (AvgIpc) is 3.01. The zero-order chi connectivity index (χ0) is 17.4. The van der Waals surface area contributed by atoms with Gasteiger partial charge in [0.25, 0.3) is 5.56 Å². The minimum atomic E-state index is -0.263. The molecule has 6 heteroatoms. The summed E-state index contributed by atoms with van der Waals surface area (Å²) in [6, 6.07) is 7.47. The Morgan fingerprint density at radius 1 is 1.04 bits per heavy atom. The molecule has 0 unspecified atom stereocenters. The zero-order valence-corrected chi connectivity index (χ0v) is 14.8. The molecule has 2 N–H and O–H groups in total. The van der Waals surface area contributed by atoms with Crippen molar-refractivity contribution in [1.82, 2.24) is 9.55 Å². The van der Waals surface area contributed by atoms with Crippen molar-refractivity contribution in [2.24, 2.45) is 0 Å². The van der Waals surface area contributed by atoms with Gasteiger partial charge in [-0.1, -0.05) is 30.9 Å². The number of halogens is 1. The van der Waals surface area contributed by atoms with Gasteiger partial charge in [0.05, 0.1) is 11.7 Å². The minimum absolute atomic E-state index is 0.0439. The maximum atomic E-state index is 12.9. The zero-order valence-electron chi connectivity index (χ0n) is 14.1. The maximum absolute atomic E-state index is 12.9. The summed E-state index contributed by atoms with van der Waals surface area (Å²) in [5.74, 6) is 0. The molecule has 0 amide bonds. The largest absolute Gasteiger partial charge is 0.377 e. The van der Waals surface area contributed by atoms with Crippen molar-refractivity contribution in [3.05, 3.63) is 61.4 Å². The van der Waals surface area contributed by atoms with Crippen LogP contribution in [0.2, 0.25) is 5.02 Å². The Bertz CT molecular complexity index is 879. The molecule has 2 aromatic rings. The van der Waals surface area contributed by atoms with E-state index < -0.39 is 0 Å². The van der Waals surface area contributed by atoms with E-state index in [0.29, 0.717) is 11.4 Å². The molecule has 4 rings (SSSR count). The van der Waals surface area contributed by atoms with Gasteiger partial charge in [-0.25, -0.2) is 4.79 Å². The van der Waals surface area contributed by atoms with Gasteiger partial charge in [0.1, 0.15) is 0 Å². The van der Waals surface area contributed by atoms with Crippen molar-refractivity contribution < 1.29 is 0 Å². The molecule has 1 aromatic carbocycles. The molecule has 1 aromatic heterocycles. The fourth-order valence-electron chi connectivity index (χ4n) is 4.14. The number of fused-ring (bicyclic) bond motifs is 1. The average molecular weight is 360 g/mol. The molecule has 1 heterocycles. The van der Waals surface area contributed by atoms with Crippen molar-refractivity contribution in [1.29, 1.82) is 0 Å². The van der Waals surface area contributed by atoms with Crippen LogP contribution in [0.5, 0.6) is 0 Å². The standard InChI is InChI=1S/C19H22ClN3O2/c20-12-6-8-13(9-7-12)21-16-11-10-15-17(16)22-19(25)23(18(15)24)14-4-2-1-3-5-14/h6-9,14,16,21H,1-5,10-11H2,(H,22,25)/t16-/m0/s1. The normalized spacial score (nSPS) is 20.4. The van der Waals surface area contributed by atoms with E-state index in [-0.39, 0.29) is 23.3 Å². The number of rotatable bonds is 3. The summed E-state index contributed by atoms with van der Waals surface area (Å²) >= 11 is 5.92. The lowest BCUT2D eigenvalue weighted by Crippen LogP contribution is -2.41. The highest BCUT2D eigenvalue weighted by atomic mass is 35.5. The van der Waals surface area contributed by atoms with Gasteiger partial charge >= 0.3 is 5.69 Å². The third-order valence-corrected chi connectivity index (χ3v) is 5.67. The Morgan fingerprint density at radius 2 is 1.76 bits per heavy atom. The van der Waals surface area contributed by atoms with E-state index in [4.69, 9.17) is 11.6 Å². The first-order chi connectivity index (χ1) is 12.1. The van der Waals surface area contributed by atoms with Crippen LogP contribution in [0.3, 0.4) is 0 Å². The molecule has 132 valence electrons. The fraction of sp³-hybridized carbons (Fsp3) is 0.474. The van der Waals surface area contributed by atoms with Crippen molar-refractivity contribution >= 4 is 17.3 Å². The molecule has 25 heavy (non-hydrogen) atoms. The van der Waals surface area contributed by atoms with Crippen LogP contribution in [0.4, 0.5) is 5.69 Å². The number of hydrogen-bond acceptors (Lipinski definition) is 3. The topological polar surface area (TPSA) is 66.9 Å². The van der Waals surface area contributed by atoms with Gasteiger partial charge < -0.3 is 10.3 Å². The van der Waals surface area contributed by atoms with Crippen LogP contribution in [0.15, 0.2) is 33.9 Å². The lowest BCUT2D eigenvalue weighted by molar-refractivity contribution is 0.335. The first-order valence-corrected chi connectivity index (χ1v) is 9.41. The Kier molecular flexibility index (Phi) is 4.42. The smallest absolute Gasteiger partial charge is 0.328 e. The predicted molar refractivity (Wildman–Crippen MR) is 99.6 cm³/mol. The lowest BCUT2D eigenvalue weighted by atomic mass is 9.95. The Labute approximate surface area is 151 Å². The van der Waals surface area contributed by atoms with Crippen LogP contribution in [0.25, 0.3) is 0 Å². The molecule has 0 spiro atoms. The second-order valence-corrected chi connectivity index (χ2v) is 7.47. The quantitative estimate of drug-likeness (QED) is 0.876. The van der Waals surface area contributed by atoms with E-state index in [1.54, 1.807) is 0 Å². The van der Waals surface area contributed by atoms with Gasteiger partial charge in [-0.05, 0) is 49.9 Å². The summed E-state index contributed by atoms with van der Waals surface area (Å²) in [5.41, 5.74) is 2.08. The lowest BCUT2D eigenvalue weighted by Gasteiger charge is -2.24. The van der Waals surface area contributed by atoms with Crippen molar-refractivity contribution in [3.8, 4) is 0 Å². The SMILES string of the molecule is O=c1[nH]c2c(c(=O)n1C1CCCCC1)CC[C@@H]2Nc1ccc(Cl)cc1. The molecule has 1 saturated carbocycles. The van der Waals surface area contributed by atoms with Crippen molar-refractivity contribution in [3.63, 3.8) is 0 Å². The summed E-state index contributed by atoms with van der Waals surface area (Å²) in [4.78, 5) is 28.5. The van der Waals surface area contributed by atoms with Gasteiger partial charge in [0.2, 0.25) is 0 Å². The van der Waals surface area contributed by atoms with Crippen LogP contribution in [-0.4, -0.2) is 9.55 Å². The fourth-order valence-corrected chi connectivity index (χ4v) is 4.26. The van der Waals surface area contributed by atoms with Crippen molar-refractivity contribution in [2.75, 3.05) is 5.32 Å². The number of nitrogens with one attached hydrogen (secondary N) is 2. The van der Waals surface area contributed by atoms with E-state index in [1.807, 2.05) is 24.3 Å². The van der Waals surface area contributed by atoms with E-state index in [0.717, 1.165) is 49.0 Å². The van der Waals surface area contributed by atoms with Gasteiger partial charge in [0, 0.05) is 22.3 Å². The number of benzene rings is 1. The molecular formula is C19H22ClN3O2. The molecule has 0 saturated heterocycles. The molecular weight excluding hydrogens is 338 g/mol. The summed E-state index contributed by atoms with van der Waals surface area (Å²) in [6.07, 6.45) is 6.73. The van der Waals surface area contributed by atoms with Crippen LogP contribution in [-0.2, 0) is 6.42 Å². The summed E-state index contributed by atoms with van der Waals surface area (Å²) in [6.45, 7) is 0. The summed E-state index contributed by atoms with van der Waals surface area (Å²) < 4.78 is 1.47. The Balaban J connectivity index is 1.65. The summed E-state index contributed by atoms with van der Waals surface area (Å²) in [7, 11) is 0. The Hall–Kier alpha value is -2.01. The highest BCUT2D eigenvalue weighted by molar-refractivity contribution is 6.30. The third-order valence-electron chi connectivity index (χ3n) is 5.42. The number of nitrogens with zero attached hydrogens (tertiary/aromatic N) is 1. The van der Waals surface area contributed by atoms with Gasteiger partial charge in [-0.15, -0.1) is 0 Å². The number of anilines is 1. The van der Waals surface area contributed by atoms with Crippen LogP contribution in [0.1, 0.15) is 61.9 Å². The number of H-pyrrole nitrogens is 1. The van der Waals surface area contributed by atoms with Crippen LogP contribution in [0, 0.1) is 0 Å². The number of aromatic nitrogens is 2. The minimum Gasteiger partial charge on any atom is -0.377 e. The molecule has 1 atom stereocenters. The number of hydrogen-bond donors (Lipinski definition) is 2. The Morgan fingerprint density at radius 3 is 2.48 bits per heavy atom. The maximum Gasteiger partial charge on any atom is 0.328 e. The molecule has 0 bridgehead atoms. The van der Waals surface area contributed by atoms with E-state index in [9.17, 15) is 9.59 Å². The van der Waals surface area contributed by atoms with E-state index >= 15 is 0 Å². The molecule has 2 aliphatic rings. The van der Waals surface area contributed by atoms with Gasteiger partial charge in [-0.2, -0.15) is 0 Å². The second kappa shape index (κ2) is 6.71. The number of aromatic amines is 1. The molecule has 0 radical (unpaired) electrons. The highest BCUT2D eigenvalue weighted by Gasteiger charge is 2.29. The van der Waals surface area contributed by atoms with E-state index in [2.05, 4.69) is 10.3 Å². The molecule has 1 fully saturated rings. The van der Waals surface area contributed by atoms with Crippen LogP contribution < -0.4 is 16.6 Å². The third kappa shape index (κ3) is 3.13. The molecule has 2 aliphatic carbocycles. The first-order valence-electron chi connectivity index (χ1n) is 9.03. The van der Waals surface area contributed by atoms with Gasteiger partial charge in [-0.3, -0.25) is 9.36 Å². The van der Waals surface area contributed by atoms with Crippen molar-refractivity contribution in [2.45, 2.75) is 57.0 Å². The van der Waals surface area contributed by atoms with Gasteiger partial charge in [0.15, 0.2) is 0 Å². The first kappa shape index (κ1) is 16.5. The predicted octanol–water partition coefficient (Wildman–Crippen LogP) is 3.79. The van der Waals surface area contributed by atoms with E-state index in [1.165, 1.54) is 11.0 Å². The molecule has 0 aliphatic heterocycles. The highest BCUT2D eigenvalue weighted by Crippen LogP contribution is 2.31.